The zero-order chi connectivity index (χ0) is 28.1. The van der Waals surface area contributed by atoms with E-state index in [1.165, 1.54) is 0 Å². The molecule has 2 aromatic carbocycles. The Morgan fingerprint density at radius 2 is 1.52 bits per heavy atom. The Kier molecular flexibility index (Phi) is 11.3. The van der Waals surface area contributed by atoms with Crippen LogP contribution in [0, 0.1) is 5.92 Å². The van der Waals surface area contributed by atoms with E-state index in [0.717, 1.165) is 24.1 Å². The summed E-state index contributed by atoms with van der Waals surface area (Å²) in [7, 11) is 0. The average Bonchev–Trinajstić information content (AvgIpc) is 3.20. The van der Waals surface area contributed by atoms with Gasteiger partial charge in [-0.3, -0.25) is 0 Å². The summed E-state index contributed by atoms with van der Waals surface area (Å²) in [5, 5.41) is 12.5. The van der Waals surface area contributed by atoms with E-state index in [9.17, 15) is 26.3 Å². The van der Waals surface area contributed by atoms with Crippen molar-refractivity contribution in [3.63, 3.8) is 0 Å². The van der Waals surface area contributed by atoms with Crippen LogP contribution < -0.4 is 5.32 Å². The molecule has 2 N–H and O–H groups in total. The second kappa shape index (κ2) is 13.8. The summed E-state index contributed by atoms with van der Waals surface area (Å²) in [5.41, 5.74) is -2.58. The summed E-state index contributed by atoms with van der Waals surface area (Å²) in [6.07, 6.45) is -7.75. The fourth-order valence-electron chi connectivity index (χ4n) is 5.62. The molecule has 2 bridgehead atoms. The minimum Gasteiger partial charge on any atom is -0.396 e. The normalized spacial score (nSPS) is 24.6. The molecule has 224 valence electrons. The maximum atomic E-state index is 13.3. The molecule has 0 saturated carbocycles. The average molecular weight is 598 g/mol. The van der Waals surface area contributed by atoms with Crippen LogP contribution in [0.5, 0.6) is 0 Å². The van der Waals surface area contributed by atoms with E-state index in [1.54, 1.807) is 0 Å². The van der Waals surface area contributed by atoms with Gasteiger partial charge in [0.05, 0.1) is 49.2 Å². The van der Waals surface area contributed by atoms with Crippen LogP contribution in [0.4, 0.5) is 26.3 Å². The van der Waals surface area contributed by atoms with Crippen LogP contribution in [0.25, 0.3) is 0 Å². The Labute approximate surface area is 235 Å². The maximum absolute atomic E-state index is 13.3. The van der Waals surface area contributed by atoms with Gasteiger partial charge in [0.25, 0.3) is 0 Å². The highest BCUT2D eigenvalue weighted by atomic mass is 35.5. The fraction of sp³-hybridized carbons (Fsp3) is 0.571. The summed E-state index contributed by atoms with van der Waals surface area (Å²) in [5.74, 6) is 0.140. The molecule has 2 fully saturated rings. The molecular weight excluding hydrogens is 564 g/mol. The summed E-state index contributed by atoms with van der Waals surface area (Å²) < 4.78 is 97.4. The molecule has 2 saturated heterocycles. The standard InChI is InChI=1S/C28H33F6NO4.ClH/c29-27(30,31)22-13-19(14-23(15-22)28(32,33)34)17-39-25-8-7-24-20(18-38-12-11-37-10-4-9-36)16-26(25,35-24)21-5-2-1-3-6-21;/h1-3,5-6,13-15,20,24-25,35-36H,4,7-12,16-18H2;1H/t20-,24-,25+,26+;/m0./s1. The number of benzene rings is 2. The monoisotopic (exact) mass is 597 g/mol. The first kappa shape index (κ1) is 32.6. The molecule has 2 heterocycles. The first-order valence-electron chi connectivity index (χ1n) is 13.0. The first-order chi connectivity index (χ1) is 18.5. The number of fused-ring (bicyclic) bond motifs is 2. The molecule has 2 aliphatic rings. The molecule has 0 aromatic heterocycles. The van der Waals surface area contributed by atoms with E-state index in [4.69, 9.17) is 19.3 Å². The molecule has 0 radical (unpaired) electrons. The number of hydrogen-bond donors (Lipinski definition) is 2. The Morgan fingerprint density at radius 1 is 0.875 bits per heavy atom. The van der Waals surface area contributed by atoms with Gasteiger partial charge < -0.3 is 24.6 Å². The predicted octanol–water partition coefficient (Wildman–Crippen LogP) is 6.11. The van der Waals surface area contributed by atoms with Gasteiger partial charge in [-0.25, -0.2) is 0 Å². The molecule has 12 heteroatoms. The van der Waals surface area contributed by atoms with Crippen LogP contribution in [-0.2, 0) is 38.7 Å². The molecular formula is C28H34ClF6NO4. The fourth-order valence-corrected chi connectivity index (χ4v) is 5.62. The third kappa shape index (κ3) is 7.89. The van der Waals surface area contributed by atoms with Gasteiger partial charge in [-0.05, 0) is 60.9 Å². The van der Waals surface area contributed by atoms with Crippen molar-refractivity contribution in [1.82, 2.24) is 5.32 Å². The van der Waals surface area contributed by atoms with E-state index in [0.29, 0.717) is 45.7 Å². The number of piperidine rings is 1. The van der Waals surface area contributed by atoms with Gasteiger partial charge in [0, 0.05) is 19.3 Å². The second-order valence-corrected chi connectivity index (χ2v) is 10.1. The Balaban J connectivity index is 0.00000441. The van der Waals surface area contributed by atoms with Crippen LogP contribution in [0.3, 0.4) is 0 Å². The molecule has 0 spiro atoms. The van der Waals surface area contributed by atoms with Crippen molar-refractivity contribution in [2.75, 3.05) is 33.0 Å². The molecule has 2 aliphatic heterocycles. The minimum atomic E-state index is -4.91. The molecule has 4 rings (SSSR count). The summed E-state index contributed by atoms with van der Waals surface area (Å²) in [4.78, 5) is 0. The minimum absolute atomic E-state index is 0. The quantitative estimate of drug-likeness (QED) is 0.228. The van der Waals surface area contributed by atoms with Gasteiger partial charge >= 0.3 is 12.4 Å². The first-order valence-corrected chi connectivity index (χ1v) is 13.0. The number of ether oxygens (including phenoxy) is 3. The van der Waals surface area contributed by atoms with Crippen molar-refractivity contribution in [1.29, 1.82) is 0 Å². The Hall–Kier alpha value is -1.89. The van der Waals surface area contributed by atoms with Gasteiger partial charge in [-0.2, -0.15) is 26.3 Å². The summed E-state index contributed by atoms with van der Waals surface area (Å²) in [6.45, 7) is 1.44. The SMILES string of the molecule is Cl.OCCCOCCOC[C@@H]1C[C@]2(c3ccccc3)N[C@H]1CC[C@H]2OCc1cc(C(F)(F)F)cc(C(F)(F)F)c1. The molecule has 0 unspecified atom stereocenters. The smallest absolute Gasteiger partial charge is 0.396 e. The molecule has 0 aliphatic carbocycles. The summed E-state index contributed by atoms with van der Waals surface area (Å²) in [6, 6.07) is 11.3. The topological polar surface area (TPSA) is 60.0 Å². The third-order valence-electron chi connectivity index (χ3n) is 7.42. The highest BCUT2D eigenvalue weighted by Crippen LogP contribution is 2.48. The van der Waals surface area contributed by atoms with Gasteiger partial charge in [0.1, 0.15) is 0 Å². The van der Waals surface area contributed by atoms with Crippen molar-refractivity contribution < 1.29 is 45.7 Å². The van der Waals surface area contributed by atoms with Gasteiger partial charge in [0.2, 0.25) is 0 Å². The van der Waals surface area contributed by atoms with Gasteiger partial charge in [-0.15, -0.1) is 12.4 Å². The third-order valence-corrected chi connectivity index (χ3v) is 7.42. The predicted molar refractivity (Wildman–Crippen MR) is 138 cm³/mol. The largest absolute Gasteiger partial charge is 0.416 e. The van der Waals surface area contributed by atoms with Gasteiger partial charge in [-0.1, -0.05) is 30.3 Å². The zero-order valence-electron chi connectivity index (χ0n) is 21.8. The lowest BCUT2D eigenvalue weighted by Crippen LogP contribution is -2.54. The lowest BCUT2D eigenvalue weighted by Gasteiger charge is -2.42. The van der Waals surface area contributed by atoms with E-state index in [-0.39, 0.29) is 49.2 Å². The van der Waals surface area contributed by atoms with Crippen molar-refractivity contribution in [3.8, 4) is 0 Å². The van der Waals surface area contributed by atoms with Crippen LogP contribution in [-0.4, -0.2) is 50.3 Å². The number of aliphatic hydroxyl groups excluding tert-OH is 1. The lowest BCUT2D eigenvalue weighted by atomic mass is 9.80. The van der Waals surface area contributed by atoms with E-state index in [2.05, 4.69) is 5.32 Å². The Morgan fingerprint density at radius 3 is 2.15 bits per heavy atom. The Bertz CT molecular complexity index is 1040. The van der Waals surface area contributed by atoms with Crippen molar-refractivity contribution in [3.05, 3.63) is 70.8 Å². The number of rotatable bonds is 12. The molecule has 40 heavy (non-hydrogen) atoms. The highest BCUT2D eigenvalue weighted by Gasteiger charge is 2.54. The molecule has 4 atom stereocenters. The van der Waals surface area contributed by atoms with Crippen molar-refractivity contribution >= 4 is 12.4 Å². The molecule has 5 nitrogen and oxygen atoms in total. The van der Waals surface area contributed by atoms with Crippen LogP contribution >= 0.6 is 12.4 Å². The second-order valence-electron chi connectivity index (χ2n) is 10.1. The molecule has 0 amide bonds. The van der Waals surface area contributed by atoms with Crippen molar-refractivity contribution in [2.45, 2.75) is 62.3 Å². The molecule has 2 aromatic rings. The maximum Gasteiger partial charge on any atom is 0.416 e. The lowest BCUT2D eigenvalue weighted by molar-refractivity contribution is -0.143. The van der Waals surface area contributed by atoms with Crippen LogP contribution in [0.2, 0.25) is 0 Å². The number of halogens is 7. The van der Waals surface area contributed by atoms with Crippen molar-refractivity contribution in [2.24, 2.45) is 5.92 Å². The van der Waals surface area contributed by atoms with Crippen LogP contribution in [0.15, 0.2) is 48.5 Å². The number of hydrogen-bond acceptors (Lipinski definition) is 5. The number of aliphatic hydroxyl groups is 1. The number of nitrogens with one attached hydrogen (secondary N) is 1. The number of alkyl halides is 6. The van der Waals surface area contributed by atoms with Gasteiger partial charge in [0.15, 0.2) is 0 Å². The van der Waals surface area contributed by atoms with E-state index < -0.39 is 35.1 Å². The highest BCUT2D eigenvalue weighted by molar-refractivity contribution is 5.85. The zero-order valence-corrected chi connectivity index (χ0v) is 22.6. The van der Waals surface area contributed by atoms with E-state index >= 15 is 0 Å². The van der Waals surface area contributed by atoms with Crippen LogP contribution in [0.1, 0.15) is 47.9 Å². The summed E-state index contributed by atoms with van der Waals surface area (Å²) >= 11 is 0. The van der Waals surface area contributed by atoms with E-state index in [1.807, 2.05) is 30.3 Å².